The monoisotopic (exact) mass is 450 g/mol. The molecule has 4 rings (SSSR count). The molecule has 0 bridgehead atoms. The van der Waals surface area contributed by atoms with E-state index in [2.05, 4.69) is 28.0 Å². The summed E-state index contributed by atoms with van der Waals surface area (Å²) in [6.07, 6.45) is -2.13. The molecular weight excluding hydrogens is 417 g/mol. The maximum Gasteiger partial charge on any atom is 0.392 e. The smallest absolute Gasteiger partial charge is 0.327 e. The molecule has 3 aliphatic heterocycles. The molecule has 11 heteroatoms. The standard InChI is InChI=1S/C19H33F3N6OS/c1-10(30-18-26-24-9-27(18)2)11-6-15(23)25-16(7-11)28-8-13-12(17(28)29)4-3-5-14(13)19(20,21)22/h10-16,18,24-26H,3-9,23H2,1-2H3. The van der Waals surface area contributed by atoms with Crippen LogP contribution in [-0.2, 0) is 4.79 Å². The molecule has 30 heavy (non-hydrogen) atoms. The highest BCUT2D eigenvalue weighted by Crippen LogP contribution is 2.48. The van der Waals surface area contributed by atoms with Gasteiger partial charge in [0, 0.05) is 17.7 Å². The minimum Gasteiger partial charge on any atom is -0.327 e. The Kier molecular flexibility index (Phi) is 6.59. The lowest BCUT2D eigenvalue weighted by molar-refractivity contribution is -0.198. The normalized spacial score (nSPS) is 41.9. The van der Waals surface area contributed by atoms with Crippen LogP contribution in [0.4, 0.5) is 13.2 Å². The van der Waals surface area contributed by atoms with Gasteiger partial charge in [0.15, 0.2) is 0 Å². The van der Waals surface area contributed by atoms with Crippen LogP contribution in [0.25, 0.3) is 0 Å². The van der Waals surface area contributed by atoms with E-state index in [9.17, 15) is 18.0 Å². The van der Waals surface area contributed by atoms with E-state index in [4.69, 9.17) is 5.73 Å². The number of halogens is 3. The topological polar surface area (TPSA) is 85.7 Å². The molecule has 0 spiro atoms. The molecule has 5 N–H and O–H groups in total. The van der Waals surface area contributed by atoms with Crippen molar-refractivity contribution in [1.82, 2.24) is 26.0 Å². The predicted molar refractivity (Wildman–Crippen MR) is 109 cm³/mol. The van der Waals surface area contributed by atoms with Crippen molar-refractivity contribution in [3.05, 3.63) is 0 Å². The third-order valence-electron chi connectivity index (χ3n) is 7.32. The van der Waals surface area contributed by atoms with Crippen LogP contribution < -0.4 is 21.9 Å². The zero-order valence-electron chi connectivity index (χ0n) is 17.5. The van der Waals surface area contributed by atoms with Crippen molar-refractivity contribution < 1.29 is 18.0 Å². The number of fused-ring (bicyclic) bond motifs is 1. The summed E-state index contributed by atoms with van der Waals surface area (Å²) in [7, 11) is 2.04. The number of hydrazine groups is 1. The van der Waals surface area contributed by atoms with Gasteiger partial charge in [-0.05, 0) is 44.6 Å². The molecule has 1 aliphatic carbocycles. The van der Waals surface area contributed by atoms with Crippen molar-refractivity contribution in [2.75, 3.05) is 20.3 Å². The summed E-state index contributed by atoms with van der Waals surface area (Å²) in [4.78, 5) is 16.9. The number of carbonyl (C=O) groups excluding carboxylic acids is 1. The molecule has 8 atom stereocenters. The second kappa shape index (κ2) is 8.74. The molecule has 4 aliphatic rings. The van der Waals surface area contributed by atoms with Crippen LogP contribution in [0.2, 0.25) is 0 Å². The molecule has 3 saturated heterocycles. The van der Waals surface area contributed by atoms with E-state index in [0.717, 1.165) is 13.1 Å². The van der Waals surface area contributed by atoms with Gasteiger partial charge in [-0.25, -0.2) is 10.9 Å². The van der Waals surface area contributed by atoms with E-state index in [1.165, 1.54) is 0 Å². The molecule has 0 aromatic rings. The van der Waals surface area contributed by atoms with Gasteiger partial charge in [-0.2, -0.15) is 13.2 Å². The molecule has 8 unspecified atom stereocenters. The molecule has 172 valence electrons. The summed E-state index contributed by atoms with van der Waals surface area (Å²) in [5.74, 6) is -2.34. The van der Waals surface area contributed by atoms with E-state index in [0.29, 0.717) is 24.5 Å². The van der Waals surface area contributed by atoms with Crippen molar-refractivity contribution in [1.29, 1.82) is 0 Å². The second-order valence-corrected chi connectivity index (χ2v) is 10.8. The SMILES string of the molecule is CC(SC1NNCN1C)C1CC(N)NC(N2CC3C(CCCC3C(F)(F)F)C2=O)C1. The van der Waals surface area contributed by atoms with Crippen LogP contribution in [0.5, 0.6) is 0 Å². The Morgan fingerprint density at radius 3 is 2.70 bits per heavy atom. The molecule has 7 nitrogen and oxygen atoms in total. The number of carbonyl (C=O) groups is 1. The molecule has 0 aromatic carbocycles. The van der Waals surface area contributed by atoms with Gasteiger partial charge in [-0.3, -0.25) is 15.0 Å². The van der Waals surface area contributed by atoms with E-state index in [-0.39, 0.29) is 42.6 Å². The van der Waals surface area contributed by atoms with Gasteiger partial charge < -0.3 is 10.6 Å². The zero-order valence-corrected chi connectivity index (χ0v) is 18.3. The molecule has 3 heterocycles. The molecule has 0 radical (unpaired) electrons. The van der Waals surface area contributed by atoms with Gasteiger partial charge in [-0.1, -0.05) is 13.3 Å². The summed E-state index contributed by atoms with van der Waals surface area (Å²) >= 11 is 1.81. The molecule has 1 amide bonds. The van der Waals surface area contributed by atoms with Crippen molar-refractivity contribution in [3.63, 3.8) is 0 Å². The Morgan fingerprint density at radius 1 is 1.27 bits per heavy atom. The first-order chi connectivity index (χ1) is 14.1. The molecule has 0 aromatic heterocycles. The maximum absolute atomic E-state index is 13.5. The number of hydrogen-bond acceptors (Lipinski definition) is 7. The average Bonchev–Trinajstić information content (AvgIpc) is 3.23. The summed E-state index contributed by atoms with van der Waals surface area (Å²) < 4.78 is 40.6. The highest BCUT2D eigenvalue weighted by molar-refractivity contribution is 8.00. The minimum absolute atomic E-state index is 0.124. The van der Waals surface area contributed by atoms with Crippen LogP contribution in [0.3, 0.4) is 0 Å². The number of thioether (sulfide) groups is 1. The highest BCUT2D eigenvalue weighted by atomic mass is 32.2. The van der Waals surface area contributed by atoms with E-state index >= 15 is 0 Å². The molecule has 1 saturated carbocycles. The van der Waals surface area contributed by atoms with Gasteiger partial charge in [0.25, 0.3) is 0 Å². The van der Waals surface area contributed by atoms with E-state index < -0.39 is 23.9 Å². The number of likely N-dealkylation sites (tertiary alicyclic amines) is 1. The summed E-state index contributed by atoms with van der Waals surface area (Å²) in [5, 5.41) is 3.59. The largest absolute Gasteiger partial charge is 0.392 e. The lowest BCUT2D eigenvalue weighted by Crippen LogP contribution is -2.59. The number of piperidine rings is 1. The molecular formula is C19H33F3N6OS. The van der Waals surface area contributed by atoms with Gasteiger partial charge in [0.2, 0.25) is 5.91 Å². The molecule has 4 fully saturated rings. The minimum atomic E-state index is -4.24. The highest BCUT2D eigenvalue weighted by Gasteiger charge is 2.56. The van der Waals surface area contributed by atoms with Gasteiger partial charge >= 0.3 is 6.18 Å². The van der Waals surface area contributed by atoms with Crippen molar-refractivity contribution in [2.24, 2.45) is 29.4 Å². The fourth-order valence-corrected chi connectivity index (χ4v) is 6.93. The Hall–Kier alpha value is -0.590. The third-order valence-corrected chi connectivity index (χ3v) is 8.87. The number of amides is 1. The summed E-state index contributed by atoms with van der Waals surface area (Å²) in [5.41, 5.74) is 12.8. The van der Waals surface area contributed by atoms with Crippen LogP contribution in [0.15, 0.2) is 0 Å². The van der Waals surface area contributed by atoms with Gasteiger partial charge in [0.05, 0.1) is 24.9 Å². The quantitative estimate of drug-likeness (QED) is 0.516. The average molecular weight is 451 g/mol. The van der Waals surface area contributed by atoms with Crippen molar-refractivity contribution >= 4 is 17.7 Å². The van der Waals surface area contributed by atoms with Gasteiger partial charge in [-0.15, -0.1) is 11.8 Å². The third kappa shape index (κ3) is 4.47. The number of nitrogens with zero attached hydrogens (tertiary/aromatic N) is 2. The van der Waals surface area contributed by atoms with Crippen molar-refractivity contribution in [3.8, 4) is 0 Å². The number of hydrogen-bond donors (Lipinski definition) is 4. The first kappa shape index (κ1) is 22.6. The lowest BCUT2D eigenvalue weighted by Gasteiger charge is -2.42. The lowest BCUT2D eigenvalue weighted by atomic mass is 9.73. The predicted octanol–water partition coefficient (Wildman–Crippen LogP) is 1.44. The Morgan fingerprint density at radius 2 is 2.03 bits per heavy atom. The number of nitrogens with two attached hydrogens (primary N) is 1. The van der Waals surface area contributed by atoms with Crippen LogP contribution in [-0.4, -0.2) is 65.2 Å². The first-order valence-corrected chi connectivity index (χ1v) is 11.8. The number of alkyl halides is 3. The Balaban J connectivity index is 1.43. The number of rotatable bonds is 4. The first-order valence-electron chi connectivity index (χ1n) is 10.9. The Bertz CT molecular complexity index is 640. The zero-order chi connectivity index (χ0) is 21.6. The van der Waals surface area contributed by atoms with Crippen LogP contribution in [0.1, 0.15) is 39.0 Å². The summed E-state index contributed by atoms with van der Waals surface area (Å²) in [6, 6.07) is 0. The second-order valence-electron chi connectivity index (χ2n) is 9.29. The fourth-order valence-electron chi connectivity index (χ4n) is 5.64. The van der Waals surface area contributed by atoms with Crippen LogP contribution in [0, 0.1) is 23.7 Å². The summed E-state index contributed by atoms with van der Waals surface area (Å²) in [6.45, 7) is 3.12. The van der Waals surface area contributed by atoms with Gasteiger partial charge in [0.1, 0.15) is 5.50 Å². The number of nitrogens with one attached hydrogen (secondary N) is 3. The fraction of sp³-hybridized carbons (Fsp3) is 0.947. The van der Waals surface area contributed by atoms with E-state index in [1.54, 1.807) is 4.90 Å². The van der Waals surface area contributed by atoms with E-state index in [1.807, 2.05) is 18.8 Å². The Labute approximate surface area is 180 Å². The van der Waals surface area contributed by atoms with Crippen molar-refractivity contribution in [2.45, 2.75) is 68.3 Å². The van der Waals surface area contributed by atoms with Crippen LogP contribution >= 0.6 is 11.8 Å². The maximum atomic E-state index is 13.5.